The van der Waals surface area contributed by atoms with Gasteiger partial charge in [-0.05, 0) is 53.6 Å². The molecule has 0 saturated carbocycles. The molecule has 1 aliphatic rings. The highest BCUT2D eigenvalue weighted by molar-refractivity contribution is 5.94. The molecule has 1 N–H and O–H groups in total. The highest BCUT2D eigenvalue weighted by Crippen LogP contribution is 2.41. The van der Waals surface area contributed by atoms with Crippen molar-refractivity contribution in [3.8, 4) is 11.5 Å². The average Bonchev–Trinajstić information content (AvgIpc) is 3.11. The van der Waals surface area contributed by atoms with E-state index in [2.05, 4.69) is 47.6 Å². The number of rotatable bonds is 3. The van der Waals surface area contributed by atoms with Crippen LogP contribution in [0, 0.1) is 6.92 Å². The molecule has 0 saturated heterocycles. The SMILES string of the molecule is Cc1nnc(-c2ccc(C(=O)NC3CCC(C)(C)c4ccccc43)cc2)o1. The van der Waals surface area contributed by atoms with E-state index in [1.807, 2.05) is 18.2 Å². The minimum Gasteiger partial charge on any atom is -0.421 e. The van der Waals surface area contributed by atoms with Crippen LogP contribution in [-0.2, 0) is 5.41 Å². The van der Waals surface area contributed by atoms with Gasteiger partial charge in [0.15, 0.2) is 0 Å². The molecule has 27 heavy (non-hydrogen) atoms. The van der Waals surface area contributed by atoms with Gasteiger partial charge in [0.05, 0.1) is 6.04 Å². The number of hydrogen-bond acceptors (Lipinski definition) is 4. The van der Waals surface area contributed by atoms with Gasteiger partial charge in [-0.2, -0.15) is 0 Å². The van der Waals surface area contributed by atoms with E-state index in [1.54, 1.807) is 19.1 Å². The lowest BCUT2D eigenvalue weighted by molar-refractivity contribution is 0.0929. The van der Waals surface area contributed by atoms with E-state index >= 15 is 0 Å². The predicted molar refractivity (Wildman–Crippen MR) is 103 cm³/mol. The lowest BCUT2D eigenvalue weighted by Gasteiger charge is -2.37. The summed E-state index contributed by atoms with van der Waals surface area (Å²) in [5.74, 6) is 0.913. The van der Waals surface area contributed by atoms with Crippen LogP contribution in [0.15, 0.2) is 52.9 Å². The zero-order valence-corrected chi connectivity index (χ0v) is 15.8. The summed E-state index contributed by atoms with van der Waals surface area (Å²) in [6.07, 6.45) is 1.99. The molecule has 3 aromatic rings. The number of benzene rings is 2. The van der Waals surface area contributed by atoms with Gasteiger partial charge in [-0.1, -0.05) is 38.1 Å². The van der Waals surface area contributed by atoms with E-state index in [4.69, 9.17) is 4.42 Å². The number of hydrogen-bond donors (Lipinski definition) is 1. The number of aryl methyl sites for hydroxylation is 1. The van der Waals surface area contributed by atoms with Crippen LogP contribution in [0.4, 0.5) is 0 Å². The van der Waals surface area contributed by atoms with Crippen LogP contribution in [0.1, 0.15) is 60.1 Å². The van der Waals surface area contributed by atoms with Crippen LogP contribution in [0.25, 0.3) is 11.5 Å². The molecule has 4 rings (SSSR count). The van der Waals surface area contributed by atoms with Crippen molar-refractivity contribution in [2.45, 2.75) is 45.1 Å². The third-order valence-corrected chi connectivity index (χ3v) is 5.35. The Balaban J connectivity index is 1.53. The fourth-order valence-corrected chi connectivity index (χ4v) is 3.78. The van der Waals surface area contributed by atoms with Gasteiger partial charge < -0.3 is 9.73 Å². The standard InChI is InChI=1S/C22H23N3O2/c1-14-24-25-21(27-14)16-10-8-15(9-11-16)20(26)23-19-12-13-22(2,3)18-7-5-4-6-17(18)19/h4-11,19H,12-13H2,1-3H3,(H,23,26). The minimum atomic E-state index is -0.0669. The molecule has 1 heterocycles. The fourth-order valence-electron chi connectivity index (χ4n) is 3.78. The maximum atomic E-state index is 12.8. The lowest BCUT2D eigenvalue weighted by Crippen LogP contribution is -2.35. The molecule has 138 valence electrons. The van der Waals surface area contributed by atoms with Crippen molar-refractivity contribution < 1.29 is 9.21 Å². The second kappa shape index (κ2) is 6.65. The second-order valence-electron chi connectivity index (χ2n) is 7.74. The first kappa shape index (κ1) is 17.5. The van der Waals surface area contributed by atoms with Crippen molar-refractivity contribution in [2.24, 2.45) is 0 Å². The molecule has 1 unspecified atom stereocenters. The zero-order chi connectivity index (χ0) is 19.0. The van der Waals surface area contributed by atoms with Gasteiger partial charge in [0, 0.05) is 18.1 Å². The topological polar surface area (TPSA) is 68.0 Å². The Hall–Kier alpha value is -2.95. The third kappa shape index (κ3) is 3.37. The molecular weight excluding hydrogens is 338 g/mol. The molecule has 0 bridgehead atoms. The van der Waals surface area contributed by atoms with E-state index in [0.717, 1.165) is 18.4 Å². The molecule has 0 spiro atoms. The summed E-state index contributed by atoms with van der Waals surface area (Å²) in [5.41, 5.74) is 4.11. The molecule has 1 aliphatic carbocycles. The van der Waals surface area contributed by atoms with Crippen LogP contribution < -0.4 is 5.32 Å². The van der Waals surface area contributed by atoms with Crippen molar-refractivity contribution in [2.75, 3.05) is 0 Å². The molecule has 1 aromatic heterocycles. The molecule has 1 atom stereocenters. The summed E-state index contributed by atoms with van der Waals surface area (Å²) in [5, 5.41) is 11.0. The second-order valence-corrected chi connectivity index (χ2v) is 7.74. The maximum absolute atomic E-state index is 12.8. The smallest absolute Gasteiger partial charge is 0.251 e. The quantitative estimate of drug-likeness (QED) is 0.741. The minimum absolute atomic E-state index is 0.0417. The number of nitrogens with one attached hydrogen (secondary N) is 1. The summed E-state index contributed by atoms with van der Waals surface area (Å²) >= 11 is 0. The van der Waals surface area contributed by atoms with Gasteiger partial charge >= 0.3 is 0 Å². The van der Waals surface area contributed by atoms with Crippen LogP contribution in [0.2, 0.25) is 0 Å². The first-order chi connectivity index (χ1) is 12.9. The molecule has 5 nitrogen and oxygen atoms in total. The van der Waals surface area contributed by atoms with Crippen molar-refractivity contribution in [1.29, 1.82) is 0 Å². The van der Waals surface area contributed by atoms with E-state index in [1.165, 1.54) is 11.1 Å². The first-order valence-corrected chi connectivity index (χ1v) is 9.25. The highest BCUT2D eigenvalue weighted by atomic mass is 16.4. The van der Waals surface area contributed by atoms with E-state index in [-0.39, 0.29) is 17.4 Å². The highest BCUT2D eigenvalue weighted by Gasteiger charge is 2.32. The number of carbonyl (C=O) groups excluding carboxylic acids is 1. The molecule has 5 heteroatoms. The van der Waals surface area contributed by atoms with Gasteiger partial charge in [-0.15, -0.1) is 10.2 Å². The average molecular weight is 361 g/mol. The molecule has 0 aliphatic heterocycles. The zero-order valence-electron chi connectivity index (χ0n) is 15.8. The summed E-state index contributed by atoms with van der Waals surface area (Å²) in [6.45, 7) is 6.28. The van der Waals surface area contributed by atoms with Crippen molar-refractivity contribution >= 4 is 5.91 Å². The summed E-state index contributed by atoms with van der Waals surface area (Å²) < 4.78 is 5.43. The Morgan fingerprint density at radius 3 is 2.56 bits per heavy atom. The van der Waals surface area contributed by atoms with Gasteiger partial charge in [-0.25, -0.2) is 0 Å². The number of amides is 1. The first-order valence-electron chi connectivity index (χ1n) is 9.25. The molecular formula is C22H23N3O2. The third-order valence-electron chi connectivity index (χ3n) is 5.35. The Morgan fingerprint density at radius 2 is 1.85 bits per heavy atom. The van der Waals surface area contributed by atoms with Gasteiger partial charge in [-0.3, -0.25) is 4.79 Å². The number of fused-ring (bicyclic) bond motifs is 1. The summed E-state index contributed by atoms with van der Waals surface area (Å²) in [4.78, 5) is 12.8. The predicted octanol–water partition coefficient (Wildman–Crippen LogP) is 4.59. The Kier molecular flexibility index (Phi) is 4.30. The van der Waals surface area contributed by atoms with Crippen molar-refractivity contribution in [3.63, 3.8) is 0 Å². The Bertz CT molecular complexity index is 973. The maximum Gasteiger partial charge on any atom is 0.251 e. The van der Waals surface area contributed by atoms with Crippen molar-refractivity contribution in [1.82, 2.24) is 15.5 Å². The lowest BCUT2D eigenvalue weighted by atomic mass is 9.71. The van der Waals surface area contributed by atoms with Crippen LogP contribution in [0.5, 0.6) is 0 Å². The number of aromatic nitrogens is 2. The summed E-state index contributed by atoms with van der Waals surface area (Å²) in [7, 11) is 0. The van der Waals surface area contributed by atoms with E-state index in [0.29, 0.717) is 17.3 Å². The molecule has 2 aromatic carbocycles. The largest absolute Gasteiger partial charge is 0.421 e. The van der Waals surface area contributed by atoms with Crippen LogP contribution in [-0.4, -0.2) is 16.1 Å². The normalized spacial score (nSPS) is 18.0. The summed E-state index contributed by atoms with van der Waals surface area (Å²) in [6, 6.07) is 15.7. The fraction of sp³-hybridized carbons (Fsp3) is 0.318. The van der Waals surface area contributed by atoms with Gasteiger partial charge in [0.2, 0.25) is 11.8 Å². The Morgan fingerprint density at radius 1 is 1.11 bits per heavy atom. The van der Waals surface area contributed by atoms with Crippen LogP contribution in [0.3, 0.4) is 0 Å². The monoisotopic (exact) mass is 361 g/mol. The molecule has 0 fully saturated rings. The number of nitrogens with zero attached hydrogens (tertiary/aromatic N) is 2. The van der Waals surface area contributed by atoms with E-state index in [9.17, 15) is 4.79 Å². The Labute approximate surface area is 158 Å². The molecule has 1 amide bonds. The van der Waals surface area contributed by atoms with Crippen molar-refractivity contribution in [3.05, 3.63) is 71.1 Å². The van der Waals surface area contributed by atoms with Crippen LogP contribution >= 0.6 is 0 Å². The van der Waals surface area contributed by atoms with E-state index < -0.39 is 0 Å². The number of carbonyl (C=O) groups is 1. The molecule has 0 radical (unpaired) electrons. The van der Waals surface area contributed by atoms with Gasteiger partial charge in [0.25, 0.3) is 5.91 Å². The van der Waals surface area contributed by atoms with Gasteiger partial charge in [0.1, 0.15) is 0 Å².